The summed E-state index contributed by atoms with van der Waals surface area (Å²) in [4.78, 5) is 31.1. The first-order valence-corrected chi connectivity index (χ1v) is 16.8. The summed E-state index contributed by atoms with van der Waals surface area (Å²) in [7, 11) is 1.10. The third-order valence-corrected chi connectivity index (χ3v) is 13.8. The molecule has 2 aromatic rings. The van der Waals surface area contributed by atoms with Gasteiger partial charge in [-0.25, -0.2) is 0 Å². The van der Waals surface area contributed by atoms with Gasteiger partial charge in [-0.2, -0.15) is 0 Å². The van der Waals surface area contributed by atoms with E-state index in [4.69, 9.17) is 21.1 Å². The van der Waals surface area contributed by atoms with Gasteiger partial charge >= 0.3 is 0 Å². The van der Waals surface area contributed by atoms with Crippen molar-refractivity contribution in [3.8, 4) is 5.75 Å². The predicted molar refractivity (Wildman–Crippen MR) is 151 cm³/mol. The second kappa shape index (κ2) is 9.97. The first-order chi connectivity index (χ1) is 18.1. The van der Waals surface area contributed by atoms with Gasteiger partial charge in [-0.15, -0.1) is 0 Å². The fourth-order valence-corrected chi connectivity index (χ4v) is 11.4. The molecule has 7 nitrogen and oxygen atoms in total. The van der Waals surface area contributed by atoms with Crippen LogP contribution in [0.25, 0.3) is 0 Å². The predicted octanol–water partition coefficient (Wildman–Crippen LogP) is 3.91. The standard InChI is InChI=1S/C29H37ClN2O5Si/c1-18-27(38(4,5)22-11-9-21(36-3)10-12-22)25(16-26(34)32-14-6-7-20(32)17-33)37-29(18)23-15-19(30)8-13-24(23)31(2)28(29)35/h8-13,15,18,20,25,27,33H,6-7,14,16-17H2,1-5H3/t18-,20-,25+,27-,29+/m0/s1. The molecule has 0 aromatic heterocycles. The van der Waals surface area contributed by atoms with Gasteiger partial charge in [-0.05, 0) is 48.7 Å². The van der Waals surface area contributed by atoms with Crippen LogP contribution < -0.4 is 14.8 Å². The lowest BCUT2D eigenvalue weighted by molar-refractivity contribution is -0.149. The summed E-state index contributed by atoms with van der Waals surface area (Å²) in [6, 6.07) is 13.5. The lowest BCUT2D eigenvalue weighted by atomic mass is 9.82. The van der Waals surface area contributed by atoms with E-state index in [9.17, 15) is 14.7 Å². The van der Waals surface area contributed by atoms with E-state index in [2.05, 4.69) is 32.2 Å². The van der Waals surface area contributed by atoms with Crippen LogP contribution in [0.1, 0.15) is 31.7 Å². The van der Waals surface area contributed by atoms with Crippen LogP contribution in [-0.2, 0) is 19.9 Å². The summed E-state index contributed by atoms with van der Waals surface area (Å²) in [5.74, 6) is 0.463. The summed E-state index contributed by atoms with van der Waals surface area (Å²) in [5, 5.41) is 11.6. The van der Waals surface area contributed by atoms with Gasteiger partial charge in [-0.3, -0.25) is 9.59 Å². The number of carbonyl (C=O) groups excluding carboxylic acids is 2. The molecule has 0 saturated carbocycles. The van der Waals surface area contributed by atoms with Gasteiger partial charge < -0.3 is 24.4 Å². The number of likely N-dealkylation sites (tertiary alicyclic amines) is 1. The minimum absolute atomic E-state index is 0.0227. The number of hydrogen-bond donors (Lipinski definition) is 1. The molecule has 2 saturated heterocycles. The van der Waals surface area contributed by atoms with Crippen LogP contribution in [0.3, 0.4) is 0 Å². The largest absolute Gasteiger partial charge is 0.497 e. The van der Waals surface area contributed by atoms with Gasteiger partial charge in [0.05, 0.1) is 46.0 Å². The molecule has 5 atom stereocenters. The number of nitrogens with zero attached hydrogens (tertiary/aromatic N) is 2. The molecule has 0 bridgehead atoms. The highest BCUT2D eigenvalue weighted by Crippen LogP contribution is 2.60. The number of hydrogen-bond acceptors (Lipinski definition) is 5. The first kappa shape index (κ1) is 27.2. The Labute approximate surface area is 230 Å². The van der Waals surface area contributed by atoms with E-state index in [1.165, 1.54) is 5.19 Å². The number of amides is 2. The Bertz CT molecular complexity index is 1240. The zero-order valence-electron chi connectivity index (χ0n) is 22.7. The van der Waals surface area contributed by atoms with E-state index < -0.39 is 19.8 Å². The Hall–Kier alpha value is -2.39. The number of methoxy groups -OCH3 is 1. The molecule has 0 unspecified atom stereocenters. The zero-order chi connectivity index (χ0) is 27.4. The molecular weight excluding hydrogens is 520 g/mol. The van der Waals surface area contributed by atoms with Crippen molar-refractivity contribution in [2.24, 2.45) is 5.92 Å². The molecule has 5 rings (SSSR count). The molecule has 3 aliphatic rings. The topological polar surface area (TPSA) is 79.3 Å². The molecule has 9 heteroatoms. The second-order valence-corrected chi connectivity index (χ2v) is 16.6. The highest BCUT2D eigenvalue weighted by atomic mass is 35.5. The lowest BCUT2D eigenvalue weighted by Gasteiger charge is -2.37. The maximum atomic E-state index is 14.0. The lowest BCUT2D eigenvalue weighted by Crippen LogP contribution is -2.52. The highest BCUT2D eigenvalue weighted by molar-refractivity contribution is 6.91. The fourth-order valence-electron chi connectivity index (χ4n) is 7.23. The van der Waals surface area contributed by atoms with Crippen LogP contribution in [0, 0.1) is 5.92 Å². The number of halogens is 1. The van der Waals surface area contributed by atoms with Crippen molar-refractivity contribution in [1.29, 1.82) is 0 Å². The summed E-state index contributed by atoms with van der Waals surface area (Å²) < 4.78 is 12.3. The van der Waals surface area contributed by atoms with Gasteiger partial charge in [0.15, 0.2) is 5.60 Å². The van der Waals surface area contributed by atoms with Gasteiger partial charge in [-0.1, -0.05) is 48.9 Å². The molecule has 38 heavy (non-hydrogen) atoms. The van der Waals surface area contributed by atoms with Gasteiger partial charge in [0.1, 0.15) is 5.75 Å². The number of anilines is 1. The molecule has 2 aromatic carbocycles. The van der Waals surface area contributed by atoms with Gasteiger partial charge in [0.25, 0.3) is 5.91 Å². The Balaban J connectivity index is 1.59. The van der Waals surface area contributed by atoms with Crippen molar-refractivity contribution in [3.63, 3.8) is 0 Å². The van der Waals surface area contributed by atoms with Crippen molar-refractivity contribution in [2.45, 2.75) is 62.6 Å². The number of aliphatic hydroxyl groups is 1. The minimum Gasteiger partial charge on any atom is -0.497 e. The van der Waals surface area contributed by atoms with Gasteiger partial charge in [0, 0.05) is 30.1 Å². The average molecular weight is 557 g/mol. The quantitative estimate of drug-likeness (QED) is 0.546. The number of fused-ring (bicyclic) bond motifs is 2. The molecule has 1 spiro atoms. The van der Waals surface area contributed by atoms with Crippen molar-refractivity contribution in [2.75, 3.05) is 32.2 Å². The Kier molecular flexibility index (Phi) is 7.13. The molecule has 2 amide bonds. The van der Waals surface area contributed by atoms with Crippen molar-refractivity contribution in [3.05, 3.63) is 53.1 Å². The monoisotopic (exact) mass is 556 g/mol. The van der Waals surface area contributed by atoms with E-state index in [1.807, 2.05) is 24.3 Å². The smallest absolute Gasteiger partial charge is 0.264 e. The van der Waals surface area contributed by atoms with Crippen LogP contribution in [0.15, 0.2) is 42.5 Å². The molecule has 3 heterocycles. The summed E-state index contributed by atoms with van der Waals surface area (Å²) in [5.41, 5.74) is 0.333. The number of benzene rings is 2. The van der Waals surface area contributed by atoms with E-state index in [0.717, 1.165) is 29.8 Å². The fraction of sp³-hybridized carbons (Fsp3) is 0.517. The van der Waals surface area contributed by atoms with Crippen molar-refractivity contribution in [1.82, 2.24) is 4.90 Å². The zero-order valence-corrected chi connectivity index (χ0v) is 24.5. The molecule has 204 valence electrons. The molecule has 0 radical (unpaired) electrons. The summed E-state index contributed by atoms with van der Waals surface area (Å²) in [6.07, 6.45) is 1.41. The van der Waals surface area contributed by atoms with E-state index in [1.54, 1.807) is 30.0 Å². The van der Waals surface area contributed by atoms with Crippen LogP contribution in [0.5, 0.6) is 5.75 Å². The molecule has 2 fully saturated rings. The molecule has 3 aliphatic heterocycles. The maximum Gasteiger partial charge on any atom is 0.264 e. The van der Waals surface area contributed by atoms with E-state index in [-0.39, 0.29) is 42.3 Å². The Morgan fingerprint density at radius 3 is 2.61 bits per heavy atom. The van der Waals surface area contributed by atoms with Crippen molar-refractivity contribution >= 4 is 42.4 Å². The third kappa shape index (κ3) is 4.08. The molecule has 0 aliphatic carbocycles. The number of carbonyl (C=O) groups is 2. The molecule has 1 N–H and O–H groups in total. The Morgan fingerprint density at radius 1 is 1.24 bits per heavy atom. The molecular formula is C29H37ClN2O5Si. The Morgan fingerprint density at radius 2 is 1.95 bits per heavy atom. The number of aliphatic hydroxyl groups excluding tert-OH is 1. The number of rotatable bonds is 6. The number of likely N-dealkylation sites (N-methyl/N-ethyl adjacent to an activating group) is 1. The van der Waals surface area contributed by atoms with Crippen LogP contribution in [-0.4, -0.2) is 69.3 Å². The van der Waals surface area contributed by atoms with Crippen LogP contribution in [0.4, 0.5) is 5.69 Å². The minimum atomic E-state index is -2.32. The summed E-state index contributed by atoms with van der Waals surface area (Å²) >= 11 is 6.44. The number of ether oxygens (including phenoxy) is 2. The van der Waals surface area contributed by atoms with Crippen molar-refractivity contribution < 1.29 is 24.2 Å². The van der Waals surface area contributed by atoms with Gasteiger partial charge in [0.2, 0.25) is 5.91 Å². The normalized spacial score (nSPS) is 28.9. The average Bonchev–Trinajstić information content (AvgIpc) is 3.55. The SMILES string of the molecule is COc1ccc([Si](C)(C)[C@@H]2[C@@H](CC(=O)N3CCC[C@H]3CO)O[C@]3(C(=O)N(C)c4ccc(Cl)cc43)[C@H]2C)cc1. The van der Waals surface area contributed by atoms with E-state index >= 15 is 0 Å². The van der Waals surface area contributed by atoms with Crippen LogP contribution >= 0.6 is 11.6 Å². The second-order valence-electron chi connectivity index (χ2n) is 11.5. The van der Waals surface area contributed by atoms with Crippen LogP contribution in [0.2, 0.25) is 23.7 Å². The first-order valence-electron chi connectivity index (χ1n) is 13.4. The summed E-state index contributed by atoms with van der Waals surface area (Å²) in [6.45, 7) is 7.29. The maximum absolute atomic E-state index is 14.0. The van der Waals surface area contributed by atoms with E-state index in [0.29, 0.717) is 11.6 Å². The highest BCUT2D eigenvalue weighted by Gasteiger charge is 2.66. The third-order valence-electron chi connectivity index (χ3n) is 9.21.